The van der Waals surface area contributed by atoms with Crippen molar-refractivity contribution in [2.45, 2.75) is 24.2 Å². The largest absolute Gasteiger partial charge is 0.243 e. The van der Waals surface area contributed by atoms with Crippen molar-refractivity contribution in [1.82, 2.24) is 4.31 Å². The van der Waals surface area contributed by atoms with E-state index in [1.165, 1.54) is 4.88 Å². The van der Waals surface area contributed by atoms with Crippen LogP contribution in [0.15, 0.2) is 58.8 Å². The lowest BCUT2D eigenvalue weighted by molar-refractivity contribution is 0.378. The molecule has 1 fully saturated rings. The van der Waals surface area contributed by atoms with Crippen molar-refractivity contribution < 1.29 is 8.42 Å². The van der Waals surface area contributed by atoms with E-state index in [1.54, 1.807) is 27.8 Å². The van der Waals surface area contributed by atoms with E-state index in [-0.39, 0.29) is 5.92 Å². The molecule has 3 nitrogen and oxygen atoms in total. The molecule has 5 heteroatoms. The molecule has 2 aromatic rings. The highest BCUT2D eigenvalue weighted by Crippen LogP contribution is 2.35. The second-order valence-corrected chi connectivity index (χ2v) is 8.58. The Hall–Kier alpha value is -1.43. The van der Waals surface area contributed by atoms with E-state index < -0.39 is 10.0 Å². The zero-order valence-electron chi connectivity index (χ0n) is 12.5. The topological polar surface area (TPSA) is 37.4 Å². The SMILES string of the molecule is C=C1CN(S(=O)(=O)c2ccc(C)cc2)CC[C@@H]1c1cccs1. The molecular formula is C17H19NO2S2. The van der Waals surface area contributed by atoms with Crippen LogP contribution in [0.4, 0.5) is 0 Å². The molecule has 0 N–H and O–H groups in total. The average Bonchev–Trinajstić information content (AvgIpc) is 3.01. The maximum Gasteiger partial charge on any atom is 0.243 e. The second-order valence-electron chi connectivity index (χ2n) is 5.67. The van der Waals surface area contributed by atoms with Gasteiger partial charge in [0.25, 0.3) is 0 Å². The molecule has 0 bridgehead atoms. The number of piperidine rings is 1. The Morgan fingerprint density at radius 3 is 2.55 bits per heavy atom. The third kappa shape index (κ3) is 2.89. The standard InChI is InChI=1S/C17H19NO2S2/c1-13-5-7-15(8-6-13)22(19,20)18-10-9-16(14(2)12-18)17-4-3-11-21-17/h3-8,11,16H,2,9-10,12H2,1H3/t16-/m0/s1. The summed E-state index contributed by atoms with van der Waals surface area (Å²) >= 11 is 1.71. The first-order valence-electron chi connectivity index (χ1n) is 7.26. The van der Waals surface area contributed by atoms with Gasteiger partial charge in [-0.25, -0.2) is 8.42 Å². The summed E-state index contributed by atoms with van der Waals surface area (Å²) in [6, 6.07) is 11.2. The van der Waals surface area contributed by atoms with Gasteiger partial charge in [-0.3, -0.25) is 0 Å². The monoisotopic (exact) mass is 333 g/mol. The summed E-state index contributed by atoms with van der Waals surface area (Å²) in [6.07, 6.45) is 0.796. The number of thiophene rings is 1. The van der Waals surface area contributed by atoms with Crippen molar-refractivity contribution in [2.75, 3.05) is 13.1 Å². The number of rotatable bonds is 3. The Morgan fingerprint density at radius 1 is 1.23 bits per heavy atom. The maximum atomic E-state index is 12.7. The van der Waals surface area contributed by atoms with Gasteiger partial charge in [-0.05, 0) is 36.9 Å². The molecule has 3 rings (SSSR count). The van der Waals surface area contributed by atoms with Crippen LogP contribution in [0.3, 0.4) is 0 Å². The quantitative estimate of drug-likeness (QED) is 0.802. The first-order valence-corrected chi connectivity index (χ1v) is 9.58. The molecule has 22 heavy (non-hydrogen) atoms. The number of aryl methyl sites for hydroxylation is 1. The fourth-order valence-corrected chi connectivity index (χ4v) is 5.17. The second kappa shape index (κ2) is 5.99. The Morgan fingerprint density at radius 2 is 1.95 bits per heavy atom. The van der Waals surface area contributed by atoms with Gasteiger partial charge in [-0.15, -0.1) is 11.3 Å². The molecular weight excluding hydrogens is 314 g/mol. The molecule has 1 aromatic carbocycles. The van der Waals surface area contributed by atoms with Crippen LogP contribution in [0.1, 0.15) is 22.8 Å². The predicted molar refractivity (Wildman–Crippen MR) is 90.8 cm³/mol. The van der Waals surface area contributed by atoms with E-state index >= 15 is 0 Å². The molecule has 0 spiro atoms. The molecule has 116 valence electrons. The smallest absolute Gasteiger partial charge is 0.207 e. The van der Waals surface area contributed by atoms with Crippen LogP contribution in [0.25, 0.3) is 0 Å². The lowest BCUT2D eigenvalue weighted by Gasteiger charge is -2.32. The van der Waals surface area contributed by atoms with Crippen LogP contribution in [0.2, 0.25) is 0 Å². The van der Waals surface area contributed by atoms with Crippen molar-refractivity contribution in [3.63, 3.8) is 0 Å². The van der Waals surface area contributed by atoms with E-state index in [4.69, 9.17) is 0 Å². The zero-order valence-corrected chi connectivity index (χ0v) is 14.2. The minimum absolute atomic E-state index is 0.282. The fraction of sp³-hybridized carbons (Fsp3) is 0.294. The molecule has 0 amide bonds. The van der Waals surface area contributed by atoms with Crippen LogP contribution < -0.4 is 0 Å². The molecule has 0 saturated carbocycles. The molecule has 0 aliphatic carbocycles. The Balaban J connectivity index is 1.80. The van der Waals surface area contributed by atoms with Crippen molar-refractivity contribution >= 4 is 21.4 Å². The van der Waals surface area contributed by atoms with E-state index in [2.05, 4.69) is 18.0 Å². The molecule has 0 unspecified atom stereocenters. The van der Waals surface area contributed by atoms with Crippen molar-refractivity contribution in [1.29, 1.82) is 0 Å². The van der Waals surface area contributed by atoms with Crippen molar-refractivity contribution in [3.05, 3.63) is 64.4 Å². The van der Waals surface area contributed by atoms with Crippen molar-refractivity contribution in [3.8, 4) is 0 Å². The summed E-state index contributed by atoms with van der Waals surface area (Å²) in [5.41, 5.74) is 2.03. The Kier molecular flexibility index (Phi) is 4.21. The highest BCUT2D eigenvalue weighted by molar-refractivity contribution is 7.89. The minimum atomic E-state index is -3.43. The van der Waals surface area contributed by atoms with Gasteiger partial charge in [0.15, 0.2) is 0 Å². The summed E-state index contributed by atoms with van der Waals surface area (Å²) in [6.45, 7) is 7.01. The molecule has 0 radical (unpaired) electrons. The minimum Gasteiger partial charge on any atom is -0.207 e. The highest BCUT2D eigenvalue weighted by atomic mass is 32.2. The van der Waals surface area contributed by atoms with Gasteiger partial charge >= 0.3 is 0 Å². The van der Waals surface area contributed by atoms with Crippen LogP contribution in [-0.4, -0.2) is 25.8 Å². The van der Waals surface area contributed by atoms with Gasteiger partial charge in [0.1, 0.15) is 0 Å². The summed E-state index contributed by atoms with van der Waals surface area (Å²) in [4.78, 5) is 1.64. The summed E-state index contributed by atoms with van der Waals surface area (Å²) in [5, 5.41) is 2.05. The number of hydrogen-bond acceptors (Lipinski definition) is 3. The first-order chi connectivity index (χ1) is 10.5. The lowest BCUT2D eigenvalue weighted by atomic mass is 9.92. The van der Waals surface area contributed by atoms with E-state index in [0.717, 1.165) is 17.6 Å². The highest BCUT2D eigenvalue weighted by Gasteiger charge is 2.32. The van der Waals surface area contributed by atoms with Crippen molar-refractivity contribution in [2.24, 2.45) is 0 Å². The molecule has 1 saturated heterocycles. The van der Waals surface area contributed by atoms with Gasteiger partial charge < -0.3 is 0 Å². The fourth-order valence-electron chi connectivity index (χ4n) is 2.79. The third-order valence-electron chi connectivity index (χ3n) is 4.08. The molecule has 1 atom stereocenters. The molecule has 1 aromatic heterocycles. The lowest BCUT2D eigenvalue weighted by Crippen LogP contribution is -2.38. The van der Waals surface area contributed by atoms with Gasteiger partial charge in [-0.2, -0.15) is 4.31 Å². The van der Waals surface area contributed by atoms with Crippen LogP contribution >= 0.6 is 11.3 Å². The maximum absolute atomic E-state index is 12.7. The van der Waals surface area contributed by atoms with Crippen LogP contribution in [0, 0.1) is 6.92 Å². The van der Waals surface area contributed by atoms with Crippen LogP contribution in [0.5, 0.6) is 0 Å². The molecule has 1 aliphatic heterocycles. The van der Waals surface area contributed by atoms with E-state index in [0.29, 0.717) is 18.0 Å². The van der Waals surface area contributed by atoms with Gasteiger partial charge in [-0.1, -0.05) is 35.9 Å². The molecule has 1 aliphatic rings. The number of hydrogen-bond donors (Lipinski definition) is 0. The summed E-state index contributed by atoms with van der Waals surface area (Å²) in [7, 11) is -3.43. The Bertz CT molecular complexity index is 762. The van der Waals surface area contributed by atoms with E-state index in [9.17, 15) is 8.42 Å². The summed E-state index contributed by atoms with van der Waals surface area (Å²) in [5.74, 6) is 0.282. The number of sulfonamides is 1. The normalized spacial score (nSPS) is 20.2. The summed E-state index contributed by atoms with van der Waals surface area (Å²) < 4.78 is 27.0. The number of benzene rings is 1. The van der Waals surface area contributed by atoms with Crippen LogP contribution in [-0.2, 0) is 10.0 Å². The van der Waals surface area contributed by atoms with Gasteiger partial charge in [0.05, 0.1) is 4.90 Å². The third-order valence-corrected chi connectivity index (χ3v) is 6.93. The Labute approximate surface area is 136 Å². The zero-order chi connectivity index (χ0) is 15.7. The average molecular weight is 333 g/mol. The first kappa shape index (κ1) is 15.5. The van der Waals surface area contributed by atoms with Gasteiger partial charge in [0, 0.05) is 23.9 Å². The number of nitrogens with zero attached hydrogens (tertiary/aromatic N) is 1. The van der Waals surface area contributed by atoms with E-state index in [1.807, 2.05) is 25.1 Å². The molecule has 2 heterocycles. The van der Waals surface area contributed by atoms with Gasteiger partial charge in [0.2, 0.25) is 10.0 Å². The predicted octanol–water partition coefficient (Wildman–Crippen LogP) is 3.79.